The summed E-state index contributed by atoms with van der Waals surface area (Å²) >= 11 is 0. The number of rotatable bonds is 10. The van der Waals surface area contributed by atoms with Gasteiger partial charge in [0.15, 0.2) is 0 Å². The van der Waals surface area contributed by atoms with E-state index in [1.807, 2.05) is 97.4 Å². The molecule has 192 valence electrons. The molecule has 0 atom stereocenters. The molecule has 1 heterocycles. The fourth-order valence-electron chi connectivity index (χ4n) is 3.99. The molecule has 0 aliphatic carbocycles. The molecule has 4 aromatic carbocycles. The minimum atomic E-state index is 0.565. The first-order chi connectivity index (χ1) is 18.8. The third kappa shape index (κ3) is 7.71. The minimum absolute atomic E-state index is 0.565. The number of hydrogen-bond donors (Lipinski definition) is 0. The zero-order valence-corrected chi connectivity index (χ0v) is 21.4. The maximum absolute atomic E-state index is 5.86. The van der Waals surface area contributed by atoms with E-state index in [9.17, 15) is 0 Å². The van der Waals surface area contributed by atoms with E-state index in [0.29, 0.717) is 13.2 Å². The summed E-state index contributed by atoms with van der Waals surface area (Å²) in [4.78, 5) is 0. The molecule has 1 aliphatic heterocycles. The summed E-state index contributed by atoms with van der Waals surface area (Å²) in [6, 6.07) is 36.4. The zero-order valence-electron chi connectivity index (χ0n) is 21.4. The van der Waals surface area contributed by atoms with E-state index in [2.05, 4.69) is 44.5 Å². The standard InChI is InChI=1S/C32H32N4O2/c1-3-7-29(8-4-1)25-37-31-15-11-27(12-16-31)23-33-35-19-21-36(22-20-35)34-24-28-13-17-32(18-14-28)38-26-30-9-5-2-6-10-30/h1-18,23-24H,19-22,25-26H2/b33-23-,34-24-. The van der Waals surface area contributed by atoms with Crippen LogP contribution in [-0.2, 0) is 13.2 Å². The summed E-state index contributed by atoms with van der Waals surface area (Å²) in [7, 11) is 0. The monoisotopic (exact) mass is 504 g/mol. The zero-order chi connectivity index (χ0) is 25.8. The quantitative estimate of drug-likeness (QED) is 0.255. The normalized spacial score (nSPS) is 13.8. The van der Waals surface area contributed by atoms with Gasteiger partial charge in [-0.25, -0.2) is 0 Å². The number of benzene rings is 4. The molecular weight excluding hydrogens is 472 g/mol. The second-order valence-electron chi connectivity index (χ2n) is 9.08. The van der Waals surface area contributed by atoms with E-state index < -0.39 is 0 Å². The number of hydrazone groups is 2. The first-order valence-electron chi connectivity index (χ1n) is 12.9. The first-order valence-corrected chi connectivity index (χ1v) is 12.9. The van der Waals surface area contributed by atoms with E-state index >= 15 is 0 Å². The Kier molecular flexibility index (Phi) is 8.65. The molecule has 1 aliphatic rings. The number of nitrogens with zero attached hydrogens (tertiary/aromatic N) is 4. The lowest BCUT2D eigenvalue weighted by Crippen LogP contribution is -2.41. The highest BCUT2D eigenvalue weighted by molar-refractivity contribution is 5.80. The third-order valence-corrected chi connectivity index (χ3v) is 6.23. The van der Waals surface area contributed by atoms with Gasteiger partial charge in [0.25, 0.3) is 0 Å². The van der Waals surface area contributed by atoms with Crippen molar-refractivity contribution in [3.05, 3.63) is 131 Å². The Morgan fingerprint density at radius 3 is 1.24 bits per heavy atom. The lowest BCUT2D eigenvalue weighted by atomic mass is 10.2. The van der Waals surface area contributed by atoms with Crippen LogP contribution in [0, 0.1) is 0 Å². The van der Waals surface area contributed by atoms with Crippen molar-refractivity contribution in [3.63, 3.8) is 0 Å². The van der Waals surface area contributed by atoms with Gasteiger partial charge in [0.2, 0.25) is 0 Å². The Bertz CT molecular complexity index is 1190. The topological polar surface area (TPSA) is 49.7 Å². The Morgan fingerprint density at radius 2 is 0.868 bits per heavy atom. The van der Waals surface area contributed by atoms with Gasteiger partial charge in [0, 0.05) is 0 Å². The lowest BCUT2D eigenvalue weighted by Gasteiger charge is -2.31. The van der Waals surface area contributed by atoms with E-state index in [1.165, 1.54) is 0 Å². The van der Waals surface area contributed by atoms with E-state index in [-0.39, 0.29) is 0 Å². The largest absolute Gasteiger partial charge is 0.489 e. The van der Waals surface area contributed by atoms with Crippen molar-refractivity contribution in [3.8, 4) is 11.5 Å². The fourth-order valence-corrected chi connectivity index (χ4v) is 3.99. The second kappa shape index (κ2) is 13.1. The van der Waals surface area contributed by atoms with Crippen molar-refractivity contribution in [2.24, 2.45) is 10.2 Å². The van der Waals surface area contributed by atoms with Gasteiger partial charge in [-0.15, -0.1) is 0 Å². The molecule has 0 spiro atoms. The average molecular weight is 505 g/mol. The van der Waals surface area contributed by atoms with Gasteiger partial charge in [-0.3, -0.25) is 10.0 Å². The van der Waals surface area contributed by atoms with Gasteiger partial charge in [-0.1, -0.05) is 60.7 Å². The molecule has 0 bridgehead atoms. The summed E-state index contributed by atoms with van der Waals surface area (Å²) in [5, 5.41) is 13.5. The van der Waals surface area contributed by atoms with Crippen LogP contribution in [-0.4, -0.2) is 48.6 Å². The molecule has 0 amide bonds. The Hall–Kier alpha value is -4.58. The van der Waals surface area contributed by atoms with Crippen LogP contribution in [0.2, 0.25) is 0 Å². The fraction of sp³-hybridized carbons (Fsp3) is 0.188. The Labute approximate surface area is 224 Å². The van der Waals surface area contributed by atoms with Crippen molar-refractivity contribution < 1.29 is 9.47 Å². The van der Waals surface area contributed by atoms with Crippen LogP contribution in [0.5, 0.6) is 11.5 Å². The van der Waals surface area contributed by atoms with Gasteiger partial charge >= 0.3 is 0 Å². The number of piperazine rings is 1. The number of hydrogen-bond acceptors (Lipinski definition) is 6. The smallest absolute Gasteiger partial charge is 0.119 e. The van der Waals surface area contributed by atoms with Crippen LogP contribution >= 0.6 is 0 Å². The Morgan fingerprint density at radius 1 is 0.500 bits per heavy atom. The van der Waals surface area contributed by atoms with Crippen LogP contribution in [0.3, 0.4) is 0 Å². The SMILES string of the molecule is C(=N/N1CCN(/N=C\c2ccc(OCc3ccccc3)cc2)CC1)/c1ccc(OCc2ccccc2)cc1. The van der Waals surface area contributed by atoms with Gasteiger partial charge in [-0.2, -0.15) is 10.2 Å². The molecule has 1 fully saturated rings. The molecule has 6 heteroatoms. The third-order valence-electron chi connectivity index (χ3n) is 6.23. The minimum Gasteiger partial charge on any atom is -0.489 e. The molecular formula is C32H32N4O2. The predicted molar refractivity (Wildman–Crippen MR) is 153 cm³/mol. The molecule has 0 saturated carbocycles. The van der Waals surface area contributed by atoms with Crippen LogP contribution in [0.25, 0.3) is 0 Å². The van der Waals surface area contributed by atoms with Gasteiger partial charge in [0.1, 0.15) is 24.7 Å². The van der Waals surface area contributed by atoms with Crippen molar-refractivity contribution in [1.82, 2.24) is 10.0 Å². The van der Waals surface area contributed by atoms with Crippen LogP contribution in [0.15, 0.2) is 119 Å². The molecule has 1 saturated heterocycles. The molecule has 6 nitrogen and oxygen atoms in total. The van der Waals surface area contributed by atoms with Crippen molar-refractivity contribution in [2.75, 3.05) is 26.2 Å². The predicted octanol–water partition coefficient (Wildman–Crippen LogP) is 5.83. The summed E-state index contributed by atoms with van der Waals surface area (Å²) in [5.74, 6) is 1.71. The first kappa shape index (κ1) is 25.1. The molecule has 0 radical (unpaired) electrons. The van der Waals surface area contributed by atoms with Crippen LogP contribution < -0.4 is 9.47 Å². The summed E-state index contributed by atoms with van der Waals surface area (Å²) in [5.41, 5.74) is 4.41. The summed E-state index contributed by atoms with van der Waals surface area (Å²) in [6.07, 6.45) is 3.81. The van der Waals surface area contributed by atoms with E-state index in [0.717, 1.165) is 59.9 Å². The van der Waals surface area contributed by atoms with Crippen molar-refractivity contribution >= 4 is 12.4 Å². The maximum atomic E-state index is 5.86. The number of ether oxygens (including phenoxy) is 2. The van der Waals surface area contributed by atoms with Crippen molar-refractivity contribution in [1.29, 1.82) is 0 Å². The molecule has 4 aromatic rings. The van der Waals surface area contributed by atoms with E-state index in [1.54, 1.807) is 0 Å². The Balaban J connectivity index is 1.03. The lowest BCUT2D eigenvalue weighted by molar-refractivity contribution is 0.141. The molecule has 0 unspecified atom stereocenters. The van der Waals surface area contributed by atoms with Crippen molar-refractivity contribution in [2.45, 2.75) is 13.2 Å². The molecule has 0 aromatic heterocycles. The summed E-state index contributed by atoms with van der Waals surface area (Å²) in [6.45, 7) is 4.46. The van der Waals surface area contributed by atoms with Gasteiger partial charge < -0.3 is 9.47 Å². The highest BCUT2D eigenvalue weighted by atomic mass is 16.5. The highest BCUT2D eigenvalue weighted by Gasteiger charge is 2.13. The van der Waals surface area contributed by atoms with E-state index in [4.69, 9.17) is 9.47 Å². The van der Waals surface area contributed by atoms with Crippen LogP contribution in [0.1, 0.15) is 22.3 Å². The van der Waals surface area contributed by atoms with Gasteiger partial charge in [-0.05, 0) is 70.8 Å². The van der Waals surface area contributed by atoms with Crippen LogP contribution in [0.4, 0.5) is 0 Å². The molecule has 0 N–H and O–H groups in total. The molecule has 5 rings (SSSR count). The summed E-state index contributed by atoms with van der Waals surface area (Å²) < 4.78 is 11.7. The average Bonchev–Trinajstić information content (AvgIpc) is 2.99. The molecule has 38 heavy (non-hydrogen) atoms. The maximum Gasteiger partial charge on any atom is 0.119 e. The second-order valence-corrected chi connectivity index (χ2v) is 9.08. The highest BCUT2D eigenvalue weighted by Crippen LogP contribution is 2.15. The van der Waals surface area contributed by atoms with Gasteiger partial charge in [0.05, 0.1) is 38.6 Å².